The Morgan fingerprint density at radius 2 is 2.00 bits per heavy atom. The Hall–Kier alpha value is -2.91. The van der Waals surface area contributed by atoms with E-state index in [1.54, 1.807) is 17.0 Å². The zero-order chi connectivity index (χ0) is 21.5. The number of aromatic nitrogens is 1. The fourth-order valence-corrected chi connectivity index (χ4v) is 3.25. The Kier molecular flexibility index (Phi) is 7.42. The molecule has 2 aliphatic rings. The number of benzene rings is 1. The molecular formula is C22H25N5O2S. The van der Waals surface area contributed by atoms with Crippen molar-refractivity contribution in [2.75, 3.05) is 45.7 Å². The molecule has 0 bridgehead atoms. The van der Waals surface area contributed by atoms with E-state index in [1.807, 2.05) is 18.2 Å². The highest BCUT2D eigenvalue weighted by atomic mass is 32.1. The SMILES string of the molecule is C[NH+]1CCOCC1.[C-]#[N+]c1c(N)nc([S-])c(C#N)c1-c1ccc(OCC2CC2)cc1. The number of ether oxygens (including phenoxy) is 2. The maximum Gasteiger partial charge on any atom is 0.236 e. The molecule has 2 heterocycles. The van der Waals surface area contributed by atoms with Crippen molar-refractivity contribution in [3.8, 4) is 22.9 Å². The number of nitrogen functional groups attached to an aromatic ring is 1. The van der Waals surface area contributed by atoms with Crippen LogP contribution in [0.3, 0.4) is 0 Å². The van der Waals surface area contributed by atoms with Gasteiger partial charge in [-0.3, -0.25) is 4.98 Å². The summed E-state index contributed by atoms with van der Waals surface area (Å²) in [6.07, 6.45) is 2.46. The van der Waals surface area contributed by atoms with Crippen LogP contribution in [-0.4, -0.2) is 44.9 Å². The zero-order valence-corrected chi connectivity index (χ0v) is 17.8. The molecule has 1 saturated carbocycles. The van der Waals surface area contributed by atoms with Crippen LogP contribution >= 0.6 is 0 Å². The number of likely N-dealkylation sites (N-methyl/N-ethyl adjacent to an activating group) is 1. The number of rotatable bonds is 4. The number of hydrogen-bond donors (Lipinski definition) is 2. The minimum Gasteiger partial charge on any atom is -0.759 e. The lowest BCUT2D eigenvalue weighted by Gasteiger charge is -2.18. The molecular weight excluding hydrogens is 398 g/mol. The molecule has 4 rings (SSSR count). The Morgan fingerprint density at radius 3 is 2.50 bits per heavy atom. The zero-order valence-electron chi connectivity index (χ0n) is 17.0. The van der Waals surface area contributed by atoms with Gasteiger partial charge in [-0.25, -0.2) is 4.85 Å². The molecule has 0 unspecified atom stereocenters. The van der Waals surface area contributed by atoms with Crippen molar-refractivity contribution in [1.82, 2.24) is 4.98 Å². The highest BCUT2D eigenvalue weighted by Gasteiger charge is 2.22. The largest absolute Gasteiger partial charge is 0.759 e. The van der Waals surface area contributed by atoms with Gasteiger partial charge in [0.05, 0.1) is 39.5 Å². The summed E-state index contributed by atoms with van der Waals surface area (Å²) in [4.78, 5) is 8.92. The van der Waals surface area contributed by atoms with Crippen LogP contribution in [0.4, 0.5) is 11.5 Å². The summed E-state index contributed by atoms with van der Waals surface area (Å²) in [5.41, 5.74) is 7.28. The van der Waals surface area contributed by atoms with Crippen molar-refractivity contribution in [2.45, 2.75) is 17.9 Å². The molecule has 0 radical (unpaired) electrons. The average molecular weight is 424 g/mol. The minimum absolute atomic E-state index is 0.0491. The summed E-state index contributed by atoms with van der Waals surface area (Å²) in [7, 11) is 2.20. The highest BCUT2D eigenvalue weighted by molar-refractivity contribution is 7.58. The molecule has 1 saturated heterocycles. The molecule has 7 nitrogen and oxygen atoms in total. The van der Waals surface area contributed by atoms with E-state index in [9.17, 15) is 5.26 Å². The average Bonchev–Trinajstić information content (AvgIpc) is 3.58. The third kappa shape index (κ3) is 5.58. The third-order valence-electron chi connectivity index (χ3n) is 5.06. The van der Waals surface area contributed by atoms with Crippen LogP contribution in [-0.2, 0) is 17.4 Å². The van der Waals surface area contributed by atoms with Gasteiger partial charge in [0.1, 0.15) is 24.7 Å². The number of anilines is 1. The molecule has 0 atom stereocenters. The first-order valence-corrected chi connectivity index (χ1v) is 10.3. The number of hydrogen-bond acceptors (Lipinski definition) is 6. The van der Waals surface area contributed by atoms with Gasteiger partial charge in [-0.15, -0.1) is 0 Å². The number of nitrogens with one attached hydrogen (secondary N) is 1. The van der Waals surface area contributed by atoms with Gasteiger partial charge in [0.15, 0.2) is 0 Å². The van der Waals surface area contributed by atoms with E-state index in [1.165, 1.54) is 25.9 Å². The van der Waals surface area contributed by atoms with E-state index in [4.69, 9.17) is 34.4 Å². The maximum absolute atomic E-state index is 9.35. The smallest absolute Gasteiger partial charge is 0.236 e. The molecule has 0 spiro atoms. The van der Waals surface area contributed by atoms with Gasteiger partial charge in [0, 0.05) is 11.1 Å². The molecule has 0 amide bonds. The van der Waals surface area contributed by atoms with Crippen molar-refractivity contribution in [2.24, 2.45) is 5.92 Å². The second-order valence-electron chi connectivity index (χ2n) is 7.47. The van der Waals surface area contributed by atoms with Crippen LogP contribution in [0, 0.1) is 23.8 Å². The summed E-state index contributed by atoms with van der Waals surface area (Å²) in [5, 5.41) is 9.47. The summed E-state index contributed by atoms with van der Waals surface area (Å²) < 4.78 is 10.8. The molecule has 156 valence electrons. The van der Waals surface area contributed by atoms with Gasteiger partial charge in [0.2, 0.25) is 5.69 Å². The fourth-order valence-electron chi connectivity index (χ4n) is 3.01. The number of quaternary nitrogens is 1. The van der Waals surface area contributed by atoms with E-state index in [-0.39, 0.29) is 22.1 Å². The first-order valence-electron chi connectivity index (χ1n) is 9.93. The van der Waals surface area contributed by atoms with Crippen molar-refractivity contribution < 1.29 is 14.4 Å². The molecule has 30 heavy (non-hydrogen) atoms. The molecule has 2 aromatic rings. The Labute approximate surface area is 182 Å². The molecule has 1 aromatic carbocycles. The number of nitrogens with zero attached hydrogens (tertiary/aromatic N) is 3. The van der Waals surface area contributed by atoms with Gasteiger partial charge in [-0.05, 0) is 36.5 Å². The first-order chi connectivity index (χ1) is 14.5. The topological polar surface area (TPSA) is 90.0 Å². The maximum atomic E-state index is 9.35. The van der Waals surface area contributed by atoms with Gasteiger partial charge in [-0.2, -0.15) is 5.26 Å². The van der Waals surface area contributed by atoms with Crippen LogP contribution in [0.25, 0.3) is 16.0 Å². The number of nitrogens with two attached hydrogens (primary N) is 1. The highest BCUT2D eigenvalue weighted by Crippen LogP contribution is 2.39. The first kappa shape index (κ1) is 21.8. The minimum atomic E-state index is 0.0491. The second kappa shape index (κ2) is 10.2. The van der Waals surface area contributed by atoms with Crippen molar-refractivity contribution >= 4 is 24.1 Å². The van der Waals surface area contributed by atoms with Gasteiger partial charge in [-0.1, -0.05) is 17.2 Å². The Bertz CT molecular complexity index is 917. The predicted molar refractivity (Wildman–Crippen MR) is 116 cm³/mol. The van der Waals surface area contributed by atoms with Crippen LogP contribution in [0.1, 0.15) is 18.4 Å². The van der Waals surface area contributed by atoms with E-state index >= 15 is 0 Å². The van der Waals surface area contributed by atoms with Gasteiger partial charge >= 0.3 is 0 Å². The summed E-state index contributed by atoms with van der Waals surface area (Å²) >= 11 is 5.10. The molecule has 1 aliphatic carbocycles. The van der Waals surface area contributed by atoms with Crippen LogP contribution in [0.2, 0.25) is 0 Å². The summed E-state index contributed by atoms with van der Waals surface area (Å²) in [6.45, 7) is 12.3. The van der Waals surface area contributed by atoms with E-state index < -0.39 is 0 Å². The number of nitriles is 1. The number of pyridine rings is 1. The Balaban J connectivity index is 0.000000310. The van der Waals surface area contributed by atoms with Gasteiger partial charge in [0.25, 0.3) is 0 Å². The van der Waals surface area contributed by atoms with E-state index in [0.29, 0.717) is 17.0 Å². The molecule has 1 aromatic heterocycles. The normalized spacial score (nSPS) is 16.0. The lowest BCUT2D eigenvalue weighted by molar-refractivity contribution is -0.888. The van der Waals surface area contributed by atoms with Crippen LogP contribution < -0.4 is 15.4 Å². The Morgan fingerprint density at radius 1 is 1.33 bits per heavy atom. The predicted octanol–water partition coefficient (Wildman–Crippen LogP) is 1.98. The quantitative estimate of drug-likeness (QED) is 0.577. The number of morpholine rings is 1. The van der Waals surface area contributed by atoms with Crippen molar-refractivity contribution in [3.63, 3.8) is 0 Å². The monoisotopic (exact) mass is 423 g/mol. The van der Waals surface area contributed by atoms with Crippen LogP contribution in [0.15, 0.2) is 29.3 Å². The van der Waals surface area contributed by atoms with Crippen molar-refractivity contribution in [1.29, 1.82) is 5.26 Å². The summed E-state index contributed by atoms with van der Waals surface area (Å²) in [6, 6.07) is 9.30. The lowest BCUT2D eigenvalue weighted by Crippen LogP contribution is -3.11. The van der Waals surface area contributed by atoms with E-state index in [0.717, 1.165) is 25.6 Å². The van der Waals surface area contributed by atoms with Crippen molar-refractivity contribution in [3.05, 3.63) is 41.2 Å². The lowest BCUT2D eigenvalue weighted by atomic mass is 10.00. The third-order valence-corrected chi connectivity index (χ3v) is 5.36. The second-order valence-corrected chi connectivity index (χ2v) is 7.86. The van der Waals surface area contributed by atoms with Gasteiger partial charge < -0.3 is 32.7 Å². The molecule has 3 N–H and O–H groups in total. The standard InChI is InChI=1S/C17H14N4OS.C5H11NO/c1-20-15-14(13(8-18)17(23)21-16(15)19)11-4-6-12(7-5-11)22-9-10-2-3-10;1-6-2-4-7-5-3-6/h4-7,10H,2-3,9H2,(H3,19,21,23);2-5H2,1H3. The fraction of sp³-hybridized carbons (Fsp3) is 0.409. The summed E-state index contributed by atoms with van der Waals surface area (Å²) in [5.74, 6) is 1.49. The van der Waals surface area contributed by atoms with E-state index in [2.05, 4.69) is 16.9 Å². The molecule has 1 aliphatic heterocycles. The van der Waals surface area contributed by atoms with Crippen LogP contribution in [0.5, 0.6) is 5.75 Å². The molecule has 2 fully saturated rings. The molecule has 8 heteroatoms.